The van der Waals surface area contributed by atoms with Gasteiger partial charge in [0.1, 0.15) is 0 Å². The summed E-state index contributed by atoms with van der Waals surface area (Å²) in [6.45, 7) is -0.252. The highest BCUT2D eigenvalue weighted by Gasteiger charge is 2.33. The van der Waals surface area contributed by atoms with Gasteiger partial charge in [-0.1, -0.05) is 23.2 Å². The molecule has 0 aliphatic carbocycles. The molecule has 0 fully saturated rings. The molecule has 0 spiro atoms. The first-order chi connectivity index (χ1) is 6.85. The molecule has 1 rings (SSSR count). The Morgan fingerprint density at radius 3 is 2.47 bits per heavy atom. The number of alkyl halides is 3. The summed E-state index contributed by atoms with van der Waals surface area (Å²) >= 11 is 11.2. The smallest absolute Gasteiger partial charge is 0.387 e. The van der Waals surface area contributed by atoms with E-state index in [0.717, 1.165) is 6.20 Å². The summed E-state index contributed by atoms with van der Waals surface area (Å²) in [5.74, 6) is -0.681. The number of ether oxygens (including phenoxy) is 1. The van der Waals surface area contributed by atoms with Crippen molar-refractivity contribution in [2.45, 2.75) is 12.9 Å². The van der Waals surface area contributed by atoms with E-state index in [1.807, 2.05) is 0 Å². The molecule has 0 saturated heterocycles. The molecule has 1 heterocycles. The largest absolute Gasteiger partial charge is 0.574 e. The number of rotatable bonds is 2. The maximum Gasteiger partial charge on any atom is 0.574 e. The number of hydrogen-bond donors (Lipinski definition) is 1. The maximum absolute atomic E-state index is 11.9. The number of hydrogen-bond acceptors (Lipinski definition) is 3. The fraction of sp³-hybridized carbons (Fsp3) is 0.286. The monoisotopic (exact) mass is 260 g/mol. The number of halogens is 5. The number of nitrogens with zero attached hydrogens (tertiary/aromatic N) is 1. The molecule has 0 aliphatic heterocycles. The Hall–Kier alpha value is -0.720. The minimum Gasteiger partial charge on any atom is -0.387 e. The van der Waals surface area contributed by atoms with Gasteiger partial charge in [-0.25, -0.2) is 4.98 Å². The second-order valence-corrected chi connectivity index (χ2v) is 3.24. The molecule has 0 aliphatic rings. The van der Waals surface area contributed by atoms with E-state index in [0.29, 0.717) is 0 Å². The van der Waals surface area contributed by atoms with Crippen LogP contribution in [-0.2, 0) is 6.54 Å². The fourth-order valence-electron chi connectivity index (χ4n) is 0.862. The number of pyridine rings is 1. The van der Waals surface area contributed by atoms with Gasteiger partial charge in [0.25, 0.3) is 0 Å². The van der Waals surface area contributed by atoms with Gasteiger partial charge < -0.3 is 10.5 Å². The molecule has 15 heavy (non-hydrogen) atoms. The minimum atomic E-state index is -4.84. The van der Waals surface area contributed by atoms with Crippen molar-refractivity contribution < 1.29 is 17.9 Å². The van der Waals surface area contributed by atoms with Crippen molar-refractivity contribution in [3.63, 3.8) is 0 Å². The highest BCUT2D eigenvalue weighted by Crippen LogP contribution is 2.33. The third kappa shape index (κ3) is 3.12. The van der Waals surface area contributed by atoms with Crippen molar-refractivity contribution in [3.8, 4) is 5.88 Å². The molecule has 0 bridgehead atoms. The van der Waals surface area contributed by atoms with Crippen molar-refractivity contribution in [2.75, 3.05) is 0 Å². The van der Waals surface area contributed by atoms with Crippen LogP contribution in [0.25, 0.3) is 0 Å². The molecule has 0 aromatic carbocycles. The highest BCUT2D eigenvalue weighted by atomic mass is 35.5. The van der Waals surface area contributed by atoms with Crippen molar-refractivity contribution in [2.24, 2.45) is 5.73 Å². The van der Waals surface area contributed by atoms with E-state index in [1.165, 1.54) is 0 Å². The van der Waals surface area contributed by atoms with Crippen LogP contribution in [0.15, 0.2) is 6.20 Å². The Balaban J connectivity index is 3.14. The summed E-state index contributed by atoms with van der Waals surface area (Å²) < 4.78 is 39.4. The van der Waals surface area contributed by atoms with Crippen molar-refractivity contribution in [1.82, 2.24) is 4.98 Å². The molecular weight excluding hydrogens is 256 g/mol. The molecule has 84 valence electrons. The summed E-state index contributed by atoms with van der Waals surface area (Å²) in [6, 6.07) is 0. The predicted molar refractivity (Wildman–Crippen MR) is 48.8 cm³/mol. The van der Waals surface area contributed by atoms with Gasteiger partial charge >= 0.3 is 6.36 Å². The molecule has 1 aromatic heterocycles. The first-order valence-electron chi connectivity index (χ1n) is 3.64. The highest BCUT2D eigenvalue weighted by molar-refractivity contribution is 6.42. The minimum absolute atomic E-state index is 0.0200. The molecule has 0 saturated carbocycles. The van der Waals surface area contributed by atoms with E-state index in [9.17, 15) is 13.2 Å². The number of nitrogens with two attached hydrogens (primary N) is 1. The van der Waals surface area contributed by atoms with E-state index in [2.05, 4.69) is 9.72 Å². The third-order valence-electron chi connectivity index (χ3n) is 1.44. The fourth-order valence-corrected chi connectivity index (χ4v) is 1.23. The lowest BCUT2D eigenvalue weighted by Crippen LogP contribution is -2.19. The first kappa shape index (κ1) is 12.4. The van der Waals surface area contributed by atoms with Gasteiger partial charge in [-0.15, -0.1) is 13.2 Å². The summed E-state index contributed by atoms with van der Waals surface area (Å²) in [6.07, 6.45) is -3.88. The SMILES string of the molecule is NCc1c(OC(F)(F)F)ncc(Cl)c1Cl. The maximum atomic E-state index is 11.9. The zero-order valence-corrected chi connectivity index (χ0v) is 8.62. The van der Waals surface area contributed by atoms with E-state index >= 15 is 0 Å². The lowest BCUT2D eigenvalue weighted by molar-refractivity contribution is -0.276. The molecule has 2 N–H and O–H groups in total. The van der Waals surface area contributed by atoms with Gasteiger partial charge in [-0.3, -0.25) is 0 Å². The molecular formula is C7H5Cl2F3N2O. The van der Waals surface area contributed by atoms with E-state index in [4.69, 9.17) is 28.9 Å². The summed E-state index contributed by atoms with van der Waals surface area (Å²) in [7, 11) is 0. The van der Waals surface area contributed by atoms with Gasteiger partial charge in [-0.05, 0) is 0 Å². The standard InChI is InChI=1S/C7H5Cl2F3N2O/c8-4-2-14-6(15-7(10,11)12)3(1-13)5(4)9/h2H,1,13H2. The van der Waals surface area contributed by atoms with Gasteiger partial charge in [0.15, 0.2) is 0 Å². The molecule has 1 aromatic rings. The third-order valence-corrected chi connectivity index (χ3v) is 2.26. The molecule has 0 amide bonds. The molecule has 8 heteroatoms. The van der Waals surface area contributed by atoms with E-state index in [1.54, 1.807) is 0 Å². The van der Waals surface area contributed by atoms with Crippen LogP contribution in [0.3, 0.4) is 0 Å². The second kappa shape index (κ2) is 4.42. The van der Waals surface area contributed by atoms with Crippen LogP contribution in [-0.4, -0.2) is 11.3 Å². The Labute approximate surface area is 92.9 Å². The van der Waals surface area contributed by atoms with Gasteiger partial charge in [-0.2, -0.15) is 0 Å². The van der Waals surface area contributed by atoms with Gasteiger partial charge in [0.05, 0.1) is 16.2 Å². The number of aromatic nitrogens is 1. The average molecular weight is 261 g/mol. The van der Waals surface area contributed by atoms with Crippen LogP contribution >= 0.6 is 23.2 Å². The van der Waals surface area contributed by atoms with Gasteiger partial charge in [0.2, 0.25) is 5.88 Å². The Bertz CT molecular complexity index is 370. The lowest BCUT2D eigenvalue weighted by atomic mass is 10.3. The average Bonchev–Trinajstić information content (AvgIpc) is 2.10. The van der Waals surface area contributed by atoms with Crippen molar-refractivity contribution >= 4 is 23.2 Å². The van der Waals surface area contributed by atoms with Crippen LogP contribution in [0.5, 0.6) is 5.88 Å². The summed E-state index contributed by atoms with van der Waals surface area (Å²) in [5, 5.41) is -0.0694. The van der Waals surface area contributed by atoms with Crippen LogP contribution < -0.4 is 10.5 Å². The normalized spacial score (nSPS) is 11.6. The molecule has 0 atom stereocenters. The summed E-state index contributed by atoms with van der Waals surface area (Å²) in [4.78, 5) is 3.36. The van der Waals surface area contributed by atoms with Crippen LogP contribution in [0.2, 0.25) is 10.0 Å². The molecule has 0 radical (unpaired) electrons. The molecule has 3 nitrogen and oxygen atoms in total. The van der Waals surface area contributed by atoms with Crippen molar-refractivity contribution in [1.29, 1.82) is 0 Å². The Morgan fingerprint density at radius 1 is 1.40 bits per heavy atom. The quantitative estimate of drug-likeness (QED) is 0.890. The van der Waals surface area contributed by atoms with Crippen LogP contribution in [0, 0.1) is 0 Å². The second-order valence-electron chi connectivity index (χ2n) is 2.46. The van der Waals surface area contributed by atoms with Crippen molar-refractivity contribution in [3.05, 3.63) is 21.8 Å². The van der Waals surface area contributed by atoms with E-state index in [-0.39, 0.29) is 22.2 Å². The zero-order valence-electron chi connectivity index (χ0n) is 7.11. The summed E-state index contributed by atoms with van der Waals surface area (Å²) in [5.41, 5.74) is 5.13. The van der Waals surface area contributed by atoms with Crippen LogP contribution in [0.4, 0.5) is 13.2 Å². The Kier molecular flexibility index (Phi) is 3.64. The first-order valence-corrected chi connectivity index (χ1v) is 4.39. The molecule has 0 unspecified atom stereocenters. The van der Waals surface area contributed by atoms with Gasteiger partial charge in [0, 0.05) is 12.1 Å². The predicted octanol–water partition coefficient (Wildman–Crippen LogP) is 2.75. The topological polar surface area (TPSA) is 48.1 Å². The zero-order chi connectivity index (χ0) is 11.6. The Morgan fingerprint density at radius 2 is 2.00 bits per heavy atom. The van der Waals surface area contributed by atoms with E-state index < -0.39 is 12.2 Å². The lowest BCUT2D eigenvalue weighted by Gasteiger charge is -2.12. The van der Waals surface area contributed by atoms with Crippen LogP contribution in [0.1, 0.15) is 5.56 Å².